The number of carbonyl (C=O) groups excluding carboxylic acids is 2. The Balaban J connectivity index is 1.98. The van der Waals surface area contributed by atoms with E-state index in [2.05, 4.69) is 29.8 Å². The number of ether oxygens (including phenoxy) is 3. The highest BCUT2D eigenvalue weighted by Gasteiger charge is 2.13. The average Bonchev–Trinajstić information content (AvgIpc) is 2.62. The fraction of sp³-hybridized carbons (Fsp3) is 0.364. The third kappa shape index (κ3) is 6.68. The molecule has 5 nitrogen and oxygen atoms in total. The Morgan fingerprint density at radius 1 is 0.929 bits per heavy atom. The van der Waals surface area contributed by atoms with E-state index in [0.29, 0.717) is 39.6 Å². The van der Waals surface area contributed by atoms with Crippen LogP contribution in [-0.2, 0) is 4.74 Å². The maximum absolute atomic E-state index is 12.4. The molecule has 0 aromatic heterocycles. The summed E-state index contributed by atoms with van der Waals surface area (Å²) in [6.45, 7) is 8.46. The second-order valence-corrected chi connectivity index (χ2v) is 7.90. The standard InChI is InChI=1S/C22H25BrO5/c1-14(2)11-12-26-20-10-7-17(13-19(20)23)22(25)28-18-8-5-16(6-9-18)21(24)27-15(3)4/h5-10,13-15H,11-12H2,1-4H3. The molecule has 2 aromatic carbocycles. The molecule has 0 aliphatic carbocycles. The van der Waals surface area contributed by atoms with Crippen LogP contribution < -0.4 is 9.47 Å². The summed E-state index contributed by atoms with van der Waals surface area (Å²) in [5.41, 5.74) is 0.797. The summed E-state index contributed by atoms with van der Waals surface area (Å²) < 4.78 is 16.9. The first kappa shape index (κ1) is 22.0. The van der Waals surface area contributed by atoms with Crippen molar-refractivity contribution >= 4 is 27.9 Å². The molecule has 0 saturated heterocycles. The van der Waals surface area contributed by atoms with Crippen LogP contribution in [-0.4, -0.2) is 24.6 Å². The Hall–Kier alpha value is -2.34. The SMILES string of the molecule is CC(C)CCOc1ccc(C(=O)Oc2ccc(C(=O)OC(C)C)cc2)cc1Br. The molecule has 0 aliphatic rings. The summed E-state index contributed by atoms with van der Waals surface area (Å²) in [5, 5.41) is 0. The zero-order valence-corrected chi connectivity index (χ0v) is 18.1. The van der Waals surface area contributed by atoms with E-state index in [1.165, 1.54) is 0 Å². The maximum atomic E-state index is 12.4. The van der Waals surface area contributed by atoms with Crippen molar-refractivity contribution in [1.82, 2.24) is 0 Å². The molecule has 0 amide bonds. The van der Waals surface area contributed by atoms with Gasteiger partial charge in [-0.15, -0.1) is 0 Å². The minimum Gasteiger partial charge on any atom is -0.492 e. The number of benzene rings is 2. The van der Waals surface area contributed by atoms with E-state index >= 15 is 0 Å². The number of rotatable bonds is 8. The molecule has 0 unspecified atom stereocenters. The molecule has 150 valence electrons. The third-order valence-corrected chi connectivity index (χ3v) is 4.38. The molecular weight excluding hydrogens is 424 g/mol. The molecule has 0 fully saturated rings. The van der Waals surface area contributed by atoms with Crippen LogP contribution in [0.25, 0.3) is 0 Å². The number of carbonyl (C=O) groups is 2. The molecular formula is C22H25BrO5. The van der Waals surface area contributed by atoms with Crippen molar-refractivity contribution in [3.05, 3.63) is 58.1 Å². The first-order valence-corrected chi connectivity index (χ1v) is 10.0. The molecule has 0 bridgehead atoms. The Bertz CT molecular complexity index is 812. The topological polar surface area (TPSA) is 61.8 Å². The fourth-order valence-corrected chi connectivity index (χ4v) is 2.75. The van der Waals surface area contributed by atoms with E-state index in [0.717, 1.165) is 6.42 Å². The van der Waals surface area contributed by atoms with Gasteiger partial charge in [0.05, 0.1) is 28.3 Å². The molecule has 0 heterocycles. The predicted octanol–water partition coefficient (Wildman–Crippen LogP) is 5.66. The highest BCUT2D eigenvalue weighted by Crippen LogP contribution is 2.27. The summed E-state index contributed by atoms with van der Waals surface area (Å²) in [4.78, 5) is 24.2. The molecule has 0 saturated carbocycles. The van der Waals surface area contributed by atoms with Crippen molar-refractivity contribution in [2.45, 2.75) is 40.2 Å². The molecule has 0 atom stereocenters. The van der Waals surface area contributed by atoms with Crippen molar-refractivity contribution in [3.63, 3.8) is 0 Å². The maximum Gasteiger partial charge on any atom is 0.343 e. The Labute approximate surface area is 174 Å². The van der Waals surface area contributed by atoms with Gasteiger partial charge in [-0.25, -0.2) is 9.59 Å². The van der Waals surface area contributed by atoms with Gasteiger partial charge in [0.2, 0.25) is 0 Å². The second kappa shape index (κ2) is 10.3. The van der Waals surface area contributed by atoms with Crippen LogP contribution in [0.4, 0.5) is 0 Å². The Kier molecular flexibility index (Phi) is 8.05. The van der Waals surface area contributed by atoms with Crippen LogP contribution >= 0.6 is 15.9 Å². The quantitative estimate of drug-likeness (QED) is 0.385. The van der Waals surface area contributed by atoms with E-state index in [4.69, 9.17) is 14.2 Å². The van der Waals surface area contributed by atoms with Crippen molar-refractivity contribution in [1.29, 1.82) is 0 Å². The van der Waals surface area contributed by atoms with Gasteiger partial charge in [0.25, 0.3) is 0 Å². The van der Waals surface area contributed by atoms with Crippen LogP contribution in [0, 0.1) is 5.92 Å². The second-order valence-electron chi connectivity index (χ2n) is 7.04. The summed E-state index contributed by atoms with van der Waals surface area (Å²) in [5.74, 6) is 0.688. The first-order valence-electron chi connectivity index (χ1n) is 9.22. The van der Waals surface area contributed by atoms with Gasteiger partial charge in [-0.1, -0.05) is 13.8 Å². The average molecular weight is 449 g/mol. The van der Waals surface area contributed by atoms with Crippen molar-refractivity contribution in [3.8, 4) is 11.5 Å². The van der Waals surface area contributed by atoms with Crippen molar-refractivity contribution < 1.29 is 23.8 Å². The minimum absolute atomic E-state index is 0.194. The molecule has 0 radical (unpaired) electrons. The van der Waals surface area contributed by atoms with Gasteiger partial charge >= 0.3 is 11.9 Å². The predicted molar refractivity (Wildman–Crippen MR) is 111 cm³/mol. The highest BCUT2D eigenvalue weighted by molar-refractivity contribution is 9.10. The van der Waals surface area contributed by atoms with Gasteiger partial charge in [0.1, 0.15) is 11.5 Å². The lowest BCUT2D eigenvalue weighted by Gasteiger charge is -2.11. The van der Waals surface area contributed by atoms with Crippen LogP contribution in [0.2, 0.25) is 0 Å². The molecule has 28 heavy (non-hydrogen) atoms. The van der Waals surface area contributed by atoms with E-state index in [9.17, 15) is 9.59 Å². The molecule has 0 aliphatic heterocycles. The van der Waals surface area contributed by atoms with Crippen LogP contribution in [0.1, 0.15) is 54.8 Å². The number of halogens is 1. The lowest BCUT2D eigenvalue weighted by molar-refractivity contribution is 0.0378. The highest BCUT2D eigenvalue weighted by atomic mass is 79.9. The molecule has 6 heteroatoms. The summed E-state index contributed by atoms with van der Waals surface area (Å²) >= 11 is 3.43. The Morgan fingerprint density at radius 3 is 2.14 bits per heavy atom. The normalized spacial score (nSPS) is 10.8. The lowest BCUT2D eigenvalue weighted by atomic mass is 10.1. The summed E-state index contributed by atoms with van der Waals surface area (Å²) in [6.07, 6.45) is 0.762. The summed E-state index contributed by atoms with van der Waals surface area (Å²) in [7, 11) is 0. The van der Waals surface area contributed by atoms with Crippen LogP contribution in [0.3, 0.4) is 0 Å². The largest absolute Gasteiger partial charge is 0.492 e. The van der Waals surface area contributed by atoms with E-state index in [1.807, 2.05) is 0 Å². The number of esters is 2. The monoisotopic (exact) mass is 448 g/mol. The number of hydrogen-bond acceptors (Lipinski definition) is 5. The summed E-state index contributed by atoms with van der Waals surface area (Å²) in [6, 6.07) is 11.3. The first-order chi connectivity index (χ1) is 13.3. The van der Waals surface area contributed by atoms with Crippen molar-refractivity contribution in [2.75, 3.05) is 6.61 Å². The zero-order chi connectivity index (χ0) is 20.7. The number of hydrogen-bond donors (Lipinski definition) is 0. The van der Waals surface area contributed by atoms with Gasteiger partial charge in [-0.2, -0.15) is 0 Å². The molecule has 2 aromatic rings. The van der Waals surface area contributed by atoms with Crippen LogP contribution in [0.5, 0.6) is 11.5 Å². The third-order valence-electron chi connectivity index (χ3n) is 3.76. The van der Waals surface area contributed by atoms with Gasteiger partial charge in [-0.05, 0) is 84.6 Å². The van der Waals surface area contributed by atoms with Gasteiger partial charge in [0.15, 0.2) is 0 Å². The molecule has 2 rings (SSSR count). The zero-order valence-electron chi connectivity index (χ0n) is 16.5. The molecule has 0 spiro atoms. The minimum atomic E-state index is -0.494. The van der Waals surface area contributed by atoms with Gasteiger partial charge in [0, 0.05) is 0 Å². The lowest BCUT2D eigenvalue weighted by Crippen LogP contribution is -2.12. The van der Waals surface area contributed by atoms with Crippen LogP contribution in [0.15, 0.2) is 46.9 Å². The van der Waals surface area contributed by atoms with Crippen molar-refractivity contribution in [2.24, 2.45) is 5.92 Å². The van der Waals surface area contributed by atoms with E-state index < -0.39 is 11.9 Å². The van der Waals surface area contributed by atoms with Gasteiger partial charge in [-0.3, -0.25) is 0 Å². The fourth-order valence-electron chi connectivity index (χ4n) is 2.26. The van der Waals surface area contributed by atoms with E-state index in [-0.39, 0.29) is 6.10 Å². The molecule has 0 N–H and O–H groups in total. The Morgan fingerprint density at radius 2 is 1.57 bits per heavy atom. The van der Waals surface area contributed by atoms with E-state index in [1.54, 1.807) is 56.3 Å². The smallest absolute Gasteiger partial charge is 0.343 e. The van der Waals surface area contributed by atoms with Gasteiger partial charge < -0.3 is 14.2 Å².